The van der Waals surface area contributed by atoms with Crippen molar-refractivity contribution in [2.24, 2.45) is 5.92 Å². The predicted molar refractivity (Wildman–Crippen MR) is 36.5 cm³/mol. The molecule has 0 saturated heterocycles. The van der Waals surface area contributed by atoms with Gasteiger partial charge >= 0.3 is 0 Å². The van der Waals surface area contributed by atoms with Gasteiger partial charge in [0.15, 0.2) is 0 Å². The Morgan fingerprint density at radius 2 is 2.25 bits per heavy atom. The Morgan fingerprint density at radius 3 is 2.75 bits per heavy atom. The van der Waals surface area contributed by atoms with E-state index in [9.17, 15) is 0 Å². The minimum atomic E-state index is 1.13. The lowest BCUT2D eigenvalue weighted by Crippen LogP contribution is -1.76. The van der Waals surface area contributed by atoms with Gasteiger partial charge in [-0.3, -0.25) is 0 Å². The third kappa shape index (κ3) is 2.34. The molecule has 0 heteroatoms. The van der Waals surface area contributed by atoms with Crippen molar-refractivity contribution in [1.29, 1.82) is 0 Å². The number of hydrogen-bond acceptors (Lipinski definition) is 0. The largest absolute Gasteiger partial charge is 0.0623 e. The van der Waals surface area contributed by atoms with Crippen LogP contribution in [0, 0.1) is 12.3 Å². The summed E-state index contributed by atoms with van der Waals surface area (Å²) in [5.74, 6) is 1.13. The SMILES string of the molecule is C[CH]CCCC1CC1. The Labute approximate surface area is 52.3 Å². The zero-order valence-electron chi connectivity index (χ0n) is 5.69. The van der Waals surface area contributed by atoms with Crippen LogP contribution in [-0.4, -0.2) is 0 Å². The lowest BCUT2D eigenvalue weighted by atomic mass is 10.1. The van der Waals surface area contributed by atoms with Gasteiger partial charge in [0, 0.05) is 0 Å². The lowest BCUT2D eigenvalue weighted by Gasteiger charge is -1.92. The Kier molecular flexibility index (Phi) is 2.38. The third-order valence-electron chi connectivity index (χ3n) is 1.80. The van der Waals surface area contributed by atoms with Crippen LogP contribution in [0.2, 0.25) is 0 Å². The molecule has 0 aromatic carbocycles. The van der Waals surface area contributed by atoms with Gasteiger partial charge < -0.3 is 0 Å². The van der Waals surface area contributed by atoms with Crippen molar-refractivity contribution in [3.05, 3.63) is 6.42 Å². The molecule has 1 saturated carbocycles. The van der Waals surface area contributed by atoms with Crippen molar-refractivity contribution in [3.8, 4) is 0 Å². The van der Waals surface area contributed by atoms with Crippen LogP contribution in [0.3, 0.4) is 0 Å². The van der Waals surface area contributed by atoms with Gasteiger partial charge in [-0.2, -0.15) is 0 Å². The van der Waals surface area contributed by atoms with Crippen LogP contribution in [0.4, 0.5) is 0 Å². The van der Waals surface area contributed by atoms with Crippen LogP contribution < -0.4 is 0 Å². The van der Waals surface area contributed by atoms with E-state index in [4.69, 9.17) is 0 Å². The quantitative estimate of drug-likeness (QED) is 0.489. The summed E-state index contributed by atoms with van der Waals surface area (Å²) in [6.45, 7) is 2.15. The second-order valence-corrected chi connectivity index (χ2v) is 2.78. The highest BCUT2D eigenvalue weighted by atomic mass is 14.2. The van der Waals surface area contributed by atoms with Crippen molar-refractivity contribution in [2.75, 3.05) is 0 Å². The van der Waals surface area contributed by atoms with E-state index in [0.717, 1.165) is 5.92 Å². The maximum Gasteiger partial charge on any atom is -0.0414 e. The molecule has 47 valence electrons. The molecule has 0 spiro atoms. The van der Waals surface area contributed by atoms with E-state index >= 15 is 0 Å². The molecule has 0 aliphatic heterocycles. The van der Waals surface area contributed by atoms with Gasteiger partial charge in [-0.25, -0.2) is 0 Å². The van der Waals surface area contributed by atoms with Crippen molar-refractivity contribution in [1.82, 2.24) is 0 Å². The maximum atomic E-state index is 2.27. The Morgan fingerprint density at radius 1 is 1.50 bits per heavy atom. The molecule has 8 heavy (non-hydrogen) atoms. The van der Waals surface area contributed by atoms with Gasteiger partial charge in [-0.1, -0.05) is 39.0 Å². The zero-order chi connectivity index (χ0) is 5.82. The molecule has 0 nitrogen and oxygen atoms in total. The topological polar surface area (TPSA) is 0 Å². The fraction of sp³-hybridized carbons (Fsp3) is 0.875. The van der Waals surface area contributed by atoms with Gasteiger partial charge in [0.2, 0.25) is 0 Å². The molecule has 1 aliphatic rings. The summed E-state index contributed by atoms with van der Waals surface area (Å²) in [4.78, 5) is 0. The van der Waals surface area contributed by atoms with E-state index in [1.165, 1.54) is 32.1 Å². The monoisotopic (exact) mass is 111 g/mol. The van der Waals surface area contributed by atoms with Gasteiger partial charge in [0.1, 0.15) is 0 Å². The molecule has 0 N–H and O–H groups in total. The first kappa shape index (κ1) is 6.12. The van der Waals surface area contributed by atoms with Crippen LogP contribution in [0.1, 0.15) is 39.0 Å². The first-order valence-electron chi connectivity index (χ1n) is 3.71. The molecular formula is C8H15. The van der Waals surface area contributed by atoms with E-state index in [1.54, 1.807) is 0 Å². The number of rotatable bonds is 4. The summed E-state index contributed by atoms with van der Waals surface area (Å²) in [5, 5.41) is 0. The second-order valence-electron chi connectivity index (χ2n) is 2.78. The molecule has 1 radical (unpaired) electrons. The molecule has 0 atom stereocenters. The minimum absolute atomic E-state index is 1.13. The van der Waals surface area contributed by atoms with Crippen molar-refractivity contribution in [2.45, 2.75) is 39.0 Å². The summed E-state index contributed by atoms with van der Waals surface area (Å²) in [5.41, 5.74) is 0. The molecule has 0 aromatic rings. The third-order valence-corrected chi connectivity index (χ3v) is 1.80. The summed E-state index contributed by atoms with van der Waals surface area (Å²) >= 11 is 0. The molecule has 0 bridgehead atoms. The van der Waals surface area contributed by atoms with Crippen molar-refractivity contribution < 1.29 is 0 Å². The number of hydrogen-bond donors (Lipinski definition) is 0. The summed E-state index contributed by atoms with van der Waals surface area (Å²) < 4.78 is 0. The predicted octanol–water partition coefficient (Wildman–Crippen LogP) is 2.79. The first-order valence-corrected chi connectivity index (χ1v) is 3.71. The van der Waals surface area contributed by atoms with E-state index < -0.39 is 0 Å². The van der Waals surface area contributed by atoms with Crippen LogP contribution in [0.15, 0.2) is 0 Å². The van der Waals surface area contributed by atoms with Gasteiger partial charge in [-0.15, -0.1) is 0 Å². The molecule has 1 aliphatic carbocycles. The molecule has 0 aromatic heterocycles. The first-order chi connectivity index (χ1) is 3.93. The molecule has 1 fully saturated rings. The average molecular weight is 111 g/mol. The van der Waals surface area contributed by atoms with E-state index in [2.05, 4.69) is 13.3 Å². The minimum Gasteiger partial charge on any atom is -0.0623 e. The van der Waals surface area contributed by atoms with E-state index in [-0.39, 0.29) is 0 Å². The molecule has 0 heterocycles. The van der Waals surface area contributed by atoms with Crippen molar-refractivity contribution >= 4 is 0 Å². The Bertz CT molecular complexity index is 53.1. The summed E-state index contributed by atoms with van der Waals surface area (Å²) in [7, 11) is 0. The highest BCUT2D eigenvalue weighted by molar-refractivity contribution is 4.73. The highest BCUT2D eigenvalue weighted by Crippen LogP contribution is 2.33. The van der Waals surface area contributed by atoms with Crippen LogP contribution >= 0.6 is 0 Å². The molecule has 0 amide bonds. The Hall–Kier alpha value is 0. The van der Waals surface area contributed by atoms with E-state index in [1.807, 2.05) is 0 Å². The average Bonchev–Trinajstić information content (AvgIpc) is 2.51. The fourth-order valence-corrected chi connectivity index (χ4v) is 1.02. The van der Waals surface area contributed by atoms with E-state index in [0.29, 0.717) is 0 Å². The van der Waals surface area contributed by atoms with Crippen LogP contribution in [0.25, 0.3) is 0 Å². The maximum absolute atomic E-state index is 2.27. The lowest BCUT2D eigenvalue weighted by molar-refractivity contribution is 0.661. The highest BCUT2D eigenvalue weighted by Gasteiger charge is 2.19. The molecule has 1 rings (SSSR count). The van der Waals surface area contributed by atoms with Crippen LogP contribution in [-0.2, 0) is 0 Å². The summed E-state index contributed by atoms with van der Waals surface area (Å²) in [6.07, 6.45) is 9.55. The second kappa shape index (κ2) is 3.11. The molecular weight excluding hydrogens is 96.1 g/mol. The van der Waals surface area contributed by atoms with Gasteiger partial charge in [0.05, 0.1) is 0 Å². The Balaban J connectivity index is 1.74. The van der Waals surface area contributed by atoms with Crippen molar-refractivity contribution in [3.63, 3.8) is 0 Å². The zero-order valence-corrected chi connectivity index (χ0v) is 5.69. The van der Waals surface area contributed by atoms with Gasteiger partial charge in [0.25, 0.3) is 0 Å². The normalized spacial score (nSPS) is 19.1. The standard InChI is InChI=1S/C8H15/c1-2-3-4-5-8-6-7-8/h2,8H,3-7H2,1H3. The van der Waals surface area contributed by atoms with Crippen LogP contribution in [0.5, 0.6) is 0 Å². The fourth-order valence-electron chi connectivity index (χ4n) is 1.02. The molecule has 0 unspecified atom stereocenters. The smallest absolute Gasteiger partial charge is 0.0414 e. The summed E-state index contributed by atoms with van der Waals surface area (Å²) in [6, 6.07) is 0. The number of unbranched alkanes of at least 4 members (excludes halogenated alkanes) is 2. The van der Waals surface area contributed by atoms with Gasteiger partial charge in [-0.05, 0) is 12.3 Å².